The summed E-state index contributed by atoms with van der Waals surface area (Å²) in [6, 6.07) is 19.2. The zero-order valence-electron chi connectivity index (χ0n) is 21.7. The molecule has 1 saturated carbocycles. The molecule has 1 aromatic heterocycles. The van der Waals surface area contributed by atoms with Gasteiger partial charge in [-0.1, -0.05) is 55.7 Å². The van der Waals surface area contributed by atoms with Gasteiger partial charge in [0.15, 0.2) is 0 Å². The summed E-state index contributed by atoms with van der Waals surface area (Å²) in [6.45, 7) is 5.53. The van der Waals surface area contributed by atoms with Gasteiger partial charge in [0.05, 0.1) is 11.6 Å². The normalized spacial score (nSPS) is 19.4. The van der Waals surface area contributed by atoms with Crippen LogP contribution in [0, 0.1) is 11.3 Å². The molecule has 2 fully saturated rings. The summed E-state index contributed by atoms with van der Waals surface area (Å²) in [7, 11) is 2.19. The van der Waals surface area contributed by atoms with Crippen molar-refractivity contribution in [3.8, 4) is 16.5 Å². The van der Waals surface area contributed by atoms with Crippen LogP contribution < -0.4 is 11.1 Å². The lowest BCUT2D eigenvalue weighted by molar-refractivity contribution is -0.127. The van der Waals surface area contributed by atoms with E-state index in [1.807, 2.05) is 0 Å². The Kier molecular flexibility index (Phi) is 7.92. The highest BCUT2D eigenvalue weighted by Gasteiger charge is 2.36. The van der Waals surface area contributed by atoms with Gasteiger partial charge in [-0.25, -0.2) is 0 Å². The van der Waals surface area contributed by atoms with Crippen molar-refractivity contribution in [2.75, 3.05) is 33.2 Å². The Morgan fingerprint density at radius 2 is 1.76 bits per heavy atom. The summed E-state index contributed by atoms with van der Waals surface area (Å²) in [6.07, 6.45) is 4.92. The number of likely N-dealkylation sites (N-methyl/N-ethyl adjacent to an activating group) is 1. The van der Waals surface area contributed by atoms with Crippen molar-refractivity contribution in [3.63, 3.8) is 0 Å². The van der Waals surface area contributed by atoms with Gasteiger partial charge in [0, 0.05) is 48.7 Å². The first-order chi connectivity index (χ1) is 17.9. The lowest BCUT2D eigenvalue weighted by Gasteiger charge is -2.32. The number of piperazine rings is 1. The minimum absolute atomic E-state index is 0.186. The first-order valence-electron chi connectivity index (χ1n) is 13.4. The van der Waals surface area contributed by atoms with E-state index in [4.69, 9.17) is 5.73 Å². The third-order valence-corrected chi connectivity index (χ3v) is 9.09. The van der Waals surface area contributed by atoms with E-state index < -0.39 is 11.6 Å². The molecule has 37 heavy (non-hydrogen) atoms. The first kappa shape index (κ1) is 25.9. The van der Waals surface area contributed by atoms with Gasteiger partial charge in [0.1, 0.15) is 6.04 Å². The van der Waals surface area contributed by atoms with Gasteiger partial charge >= 0.3 is 0 Å². The van der Waals surface area contributed by atoms with Gasteiger partial charge < -0.3 is 16.0 Å². The van der Waals surface area contributed by atoms with Crippen LogP contribution in [0.15, 0.2) is 48.5 Å². The molecule has 2 aromatic carbocycles. The quantitative estimate of drug-likeness (QED) is 0.483. The maximum atomic E-state index is 12.8. The molecule has 2 heterocycles. The highest BCUT2D eigenvalue weighted by Crippen LogP contribution is 2.34. The number of benzene rings is 2. The molecule has 7 heteroatoms. The summed E-state index contributed by atoms with van der Waals surface area (Å²) >= 11 is 1.79. The van der Waals surface area contributed by atoms with Crippen LogP contribution >= 0.6 is 11.3 Å². The highest BCUT2D eigenvalue weighted by atomic mass is 32.1. The van der Waals surface area contributed by atoms with E-state index in [9.17, 15) is 10.1 Å². The molecule has 3 aromatic rings. The van der Waals surface area contributed by atoms with Crippen LogP contribution in [0.1, 0.15) is 43.2 Å². The number of hydrogen-bond acceptors (Lipinski definition) is 6. The molecule has 1 unspecified atom stereocenters. The zero-order valence-corrected chi connectivity index (χ0v) is 22.5. The van der Waals surface area contributed by atoms with E-state index in [0.29, 0.717) is 19.3 Å². The van der Waals surface area contributed by atoms with Gasteiger partial charge in [0.25, 0.3) is 0 Å². The van der Waals surface area contributed by atoms with Crippen molar-refractivity contribution < 1.29 is 4.79 Å². The number of nitrogens with zero attached hydrogens (tertiary/aromatic N) is 3. The fourth-order valence-electron chi connectivity index (χ4n) is 5.48. The number of hydrogen-bond donors (Lipinski definition) is 2. The van der Waals surface area contributed by atoms with Crippen molar-refractivity contribution in [1.29, 1.82) is 5.26 Å². The van der Waals surface area contributed by atoms with Gasteiger partial charge in [-0.3, -0.25) is 9.69 Å². The summed E-state index contributed by atoms with van der Waals surface area (Å²) in [5.41, 5.74) is 9.16. The van der Waals surface area contributed by atoms with Crippen LogP contribution in [0.25, 0.3) is 20.5 Å². The number of thiophene rings is 1. The Morgan fingerprint density at radius 3 is 2.46 bits per heavy atom. The molecular formula is C30H37N5OS. The fraction of sp³-hybridized carbons (Fsp3) is 0.467. The van der Waals surface area contributed by atoms with Gasteiger partial charge in [-0.15, -0.1) is 11.3 Å². The Labute approximate surface area is 224 Å². The number of carbonyl (C=O) groups is 1. The van der Waals surface area contributed by atoms with E-state index in [-0.39, 0.29) is 5.91 Å². The van der Waals surface area contributed by atoms with Crippen molar-refractivity contribution in [2.24, 2.45) is 5.73 Å². The van der Waals surface area contributed by atoms with E-state index in [0.717, 1.165) is 57.5 Å². The maximum absolute atomic E-state index is 12.8. The Balaban J connectivity index is 1.23. The molecule has 194 valence electrons. The van der Waals surface area contributed by atoms with E-state index in [1.54, 1.807) is 11.3 Å². The molecule has 0 radical (unpaired) electrons. The van der Waals surface area contributed by atoms with E-state index in [1.165, 1.54) is 26.1 Å². The van der Waals surface area contributed by atoms with Crippen LogP contribution in [0.3, 0.4) is 0 Å². The minimum Gasteiger partial charge on any atom is -0.338 e. The highest BCUT2D eigenvalue weighted by molar-refractivity contribution is 7.22. The SMILES string of the molecule is CN1CCN(Cc2ccc(-c3cc4cc(CC(C#N)NC(=O)C5(N)CCCCC5)ccc4s3)cc2)CC1. The molecule has 5 rings (SSSR count). The molecule has 1 amide bonds. The number of rotatable bonds is 7. The smallest absolute Gasteiger partial charge is 0.241 e. The van der Waals surface area contributed by atoms with Crippen LogP contribution in [0.5, 0.6) is 0 Å². The van der Waals surface area contributed by atoms with E-state index >= 15 is 0 Å². The van der Waals surface area contributed by atoms with Gasteiger partial charge in [-0.2, -0.15) is 5.26 Å². The largest absolute Gasteiger partial charge is 0.338 e. The number of nitrogens with one attached hydrogen (secondary N) is 1. The first-order valence-corrected chi connectivity index (χ1v) is 14.3. The standard InChI is InChI=1S/C30H37N5OS/c1-34-13-15-35(16-14-34)21-22-5-8-24(9-6-22)28-19-25-17-23(7-10-27(25)37-28)18-26(20-31)33-29(36)30(32)11-3-2-4-12-30/h5-10,17,19,26H,2-4,11-16,18,21,32H2,1H3,(H,33,36). The summed E-state index contributed by atoms with van der Waals surface area (Å²) in [5, 5.41) is 13.8. The second-order valence-corrected chi connectivity index (χ2v) is 11.9. The lowest BCUT2D eigenvalue weighted by atomic mass is 9.81. The molecule has 3 N–H and O–H groups in total. The number of nitriles is 1. The summed E-state index contributed by atoms with van der Waals surface area (Å²) in [4.78, 5) is 19.0. The van der Waals surface area contributed by atoms with Crippen molar-refractivity contribution in [3.05, 3.63) is 59.7 Å². The number of amides is 1. The molecule has 1 aliphatic heterocycles. The third kappa shape index (κ3) is 6.22. The topological polar surface area (TPSA) is 85.4 Å². The molecule has 0 bridgehead atoms. The molecule has 0 spiro atoms. The van der Waals surface area contributed by atoms with Crippen LogP contribution in [-0.4, -0.2) is 60.5 Å². The monoisotopic (exact) mass is 515 g/mol. The summed E-state index contributed by atoms with van der Waals surface area (Å²) < 4.78 is 1.22. The second kappa shape index (κ2) is 11.3. The number of nitrogens with two attached hydrogens (primary N) is 1. The average molecular weight is 516 g/mol. The zero-order chi connectivity index (χ0) is 25.8. The Morgan fingerprint density at radius 1 is 1.05 bits per heavy atom. The Hall–Kier alpha value is -2.76. The molecular weight excluding hydrogens is 478 g/mol. The predicted octanol–water partition coefficient (Wildman–Crippen LogP) is 4.53. The molecule has 1 saturated heterocycles. The van der Waals surface area contributed by atoms with Crippen LogP contribution in [-0.2, 0) is 17.8 Å². The minimum atomic E-state index is -0.834. The number of carbonyl (C=O) groups excluding carboxylic acids is 1. The second-order valence-electron chi connectivity index (χ2n) is 10.8. The van der Waals surface area contributed by atoms with Crippen molar-refractivity contribution >= 4 is 27.3 Å². The van der Waals surface area contributed by atoms with Crippen molar-refractivity contribution in [2.45, 2.75) is 56.7 Å². The average Bonchev–Trinajstić information content (AvgIpc) is 3.34. The van der Waals surface area contributed by atoms with Crippen LogP contribution in [0.4, 0.5) is 0 Å². The molecule has 1 atom stereocenters. The fourth-order valence-corrected chi connectivity index (χ4v) is 6.53. The molecule has 6 nitrogen and oxygen atoms in total. The number of fused-ring (bicyclic) bond motifs is 1. The van der Waals surface area contributed by atoms with E-state index in [2.05, 4.69) is 76.8 Å². The summed E-state index contributed by atoms with van der Waals surface area (Å²) in [5.74, 6) is -0.186. The lowest BCUT2D eigenvalue weighted by Crippen LogP contribution is -2.57. The maximum Gasteiger partial charge on any atom is 0.241 e. The van der Waals surface area contributed by atoms with Crippen LogP contribution in [0.2, 0.25) is 0 Å². The Bertz CT molecular complexity index is 1260. The molecule has 1 aliphatic carbocycles. The van der Waals surface area contributed by atoms with Crippen molar-refractivity contribution in [1.82, 2.24) is 15.1 Å². The molecule has 2 aliphatic rings. The predicted molar refractivity (Wildman–Crippen MR) is 151 cm³/mol. The third-order valence-electron chi connectivity index (χ3n) is 7.92. The van der Waals surface area contributed by atoms with Gasteiger partial charge in [-0.05, 0) is 54.1 Å². The van der Waals surface area contributed by atoms with Gasteiger partial charge in [0.2, 0.25) is 5.91 Å².